The van der Waals surface area contributed by atoms with Crippen LogP contribution in [0.15, 0.2) is 21.6 Å². The van der Waals surface area contributed by atoms with E-state index in [1.165, 1.54) is 11.8 Å². The van der Waals surface area contributed by atoms with E-state index in [1.54, 1.807) is 25.8 Å². The SMILES string of the molecule is Cc1nc(C)c(C#N)c(SCC(=O)N(C)Cc2ccc(C)o2)n1. The van der Waals surface area contributed by atoms with E-state index in [2.05, 4.69) is 16.0 Å². The molecule has 23 heavy (non-hydrogen) atoms. The quantitative estimate of drug-likeness (QED) is 0.619. The van der Waals surface area contributed by atoms with Gasteiger partial charge in [-0.2, -0.15) is 5.26 Å². The van der Waals surface area contributed by atoms with Crippen molar-refractivity contribution >= 4 is 17.7 Å². The Kier molecular flexibility index (Phi) is 5.40. The minimum atomic E-state index is -0.0538. The molecule has 0 aromatic carbocycles. The maximum atomic E-state index is 12.2. The van der Waals surface area contributed by atoms with Gasteiger partial charge in [0.15, 0.2) is 0 Å². The van der Waals surface area contributed by atoms with Crippen LogP contribution in [-0.4, -0.2) is 33.6 Å². The van der Waals surface area contributed by atoms with Gasteiger partial charge in [-0.05, 0) is 32.9 Å². The standard InChI is InChI=1S/C16H18N4O2S/c1-10-5-6-13(22-10)8-20(4)15(21)9-23-16-14(7-17)11(2)18-12(3)19-16/h5-6H,8-9H2,1-4H3. The number of nitriles is 1. The van der Waals surface area contributed by atoms with Crippen LogP contribution in [0, 0.1) is 32.1 Å². The molecular formula is C16H18N4O2S. The second-order valence-electron chi connectivity index (χ2n) is 5.20. The van der Waals surface area contributed by atoms with Crippen LogP contribution >= 0.6 is 11.8 Å². The highest BCUT2D eigenvalue weighted by atomic mass is 32.2. The predicted molar refractivity (Wildman–Crippen MR) is 86.9 cm³/mol. The van der Waals surface area contributed by atoms with E-state index in [1.807, 2.05) is 19.1 Å². The summed E-state index contributed by atoms with van der Waals surface area (Å²) in [6.45, 7) is 5.82. The number of carbonyl (C=O) groups is 1. The monoisotopic (exact) mass is 330 g/mol. The van der Waals surface area contributed by atoms with Crippen molar-refractivity contribution in [1.82, 2.24) is 14.9 Å². The maximum absolute atomic E-state index is 12.2. The lowest BCUT2D eigenvalue weighted by molar-refractivity contribution is -0.127. The van der Waals surface area contributed by atoms with Crippen molar-refractivity contribution in [2.45, 2.75) is 32.3 Å². The number of aryl methyl sites for hydroxylation is 3. The van der Waals surface area contributed by atoms with E-state index >= 15 is 0 Å². The molecule has 0 fully saturated rings. The topological polar surface area (TPSA) is 83.0 Å². The van der Waals surface area contributed by atoms with Crippen molar-refractivity contribution in [3.8, 4) is 6.07 Å². The van der Waals surface area contributed by atoms with Gasteiger partial charge < -0.3 is 9.32 Å². The third kappa shape index (κ3) is 4.33. The number of amides is 1. The fourth-order valence-corrected chi connectivity index (χ4v) is 3.06. The van der Waals surface area contributed by atoms with Gasteiger partial charge >= 0.3 is 0 Å². The van der Waals surface area contributed by atoms with Crippen LogP contribution in [0.5, 0.6) is 0 Å². The molecule has 0 unspecified atom stereocenters. The number of rotatable bonds is 5. The van der Waals surface area contributed by atoms with Gasteiger partial charge in [0.05, 0.1) is 18.0 Å². The summed E-state index contributed by atoms with van der Waals surface area (Å²) < 4.78 is 5.47. The van der Waals surface area contributed by atoms with Crippen LogP contribution in [0.4, 0.5) is 0 Å². The molecule has 2 aromatic heterocycles. The highest BCUT2D eigenvalue weighted by Crippen LogP contribution is 2.22. The Balaban J connectivity index is 2.00. The molecule has 2 rings (SSSR count). The molecule has 120 valence electrons. The average Bonchev–Trinajstić information content (AvgIpc) is 2.89. The van der Waals surface area contributed by atoms with Gasteiger partial charge in [0, 0.05) is 7.05 Å². The molecule has 0 bridgehead atoms. The first kappa shape index (κ1) is 17.0. The predicted octanol–water partition coefficient (Wildman–Crippen LogP) is 2.62. The van der Waals surface area contributed by atoms with Crippen molar-refractivity contribution in [2.24, 2.45) is 0 Å². The third-order valence-electron chi connectivity index (χ3n) is 3.23. The zero-order valence-corrected chi connectivity index (χ0v) is 14.4. The molecule has 7 heteroatoms. The minimum Gasteiger partial charge on any atom is -0.464 e. The largest absolute Gasteiger partial charge is 0.464 e. The Morgan fingerprint density at radius 2 is 2.09 bits per heavy atom. The van der Waals surface area contributed by atoms with Crippen LogP contribution < -0.4 is 0 Å². The van der Waals surface area contributed by atoms with E-state index in [0.717, 1.165) is 11.5 Å². The van der Waals surface area contributed by atoms with Crippen LogP contribution in [0.1, 0.15) is 28.6 Å². The minimum absolute atomic E-state index is 0.0538. The zero-order chi connectivity index (χ0) is 17.0. The molecule has 2 aromatic rings. The summed E-state index contributed by atoms with van der Waals surface area (Å²) in [4.78, 5) is 22.3. The van der Waals surface area contributed by atoms with Crippen molar-refractivity contribution < 1.29 is 9.21 Å². The number of nitrogens with zero attached hydrogens (tertiary/aromatic N) is 4. The Morgan fingerprint density at radius 1 is 1.35 bits per heavy atom. The first-order chi connectivity index (χ1) is 10.9. The lowest BCUT2D eigenvalue weighted by Crippen LogP contribution is -2.27. The van der Waals surface area contributed by atoms with Crippen molar-refractivity contribution in [3.63, 3.8) is 0 Å². The number of hydrogen-bond donors (Lipinski definition) is 0. The number of furan rings is 1. The van der Waals surface area contributed by atoms with E-state index in [0.29, 0.717) is 28.7 Å². The summed E-state index contributed by atoms with van der Waals surface area (Å²) in [6.07, 6.45) is 0. The average molecular weight is 330 g/mol. The van der Waals surface area contributed by atoms with Crippen LogP contribution in [0.3, 0.4) is 0 Å². The molecule has 0 radical (unpaired) electrons. The van der Waals surface area contributed by atoms with Gasteiger partial charge in [-0.15, -0.1) is 0 Å². The second-order valence-corrected chi connectivity index (χ2v) is 6.16. The molecule has 6 nitrogen and oxygen atoms in total. The molecule has 1 amide bonds. The summed E-state index contributed by atoms with van der Waals surface area (Å²) in [5.41, 5.74) is 1.06. The Labute approximate surface area is 139 Å². The highest BCUT2D eigenvalue weighted by Gasteiger charge is 2.15. The van der Waals surface area contributed by atoms with Gasteiger partial charge in [0.25, 0.3) is 0 Å². The normalized spacial score (nSPS) is 10.4. The van der Waals surface area contributed by atoms with Crippen LogP contribution in [0.2, 0.25) is 0 Å². The molecule has 0 aliphatic heterocycles. The molecule has 0 aliphatic rings. The number of carbonyl (C=O) groups excluding carboxylic acids is 1. The summed E-state index contributed by atoms with van der Waals surface area (Å²) in [5, 5.41) is 9.76. The molecule has 0 saturated heterocycles. The molecule has 2 heterocycles. The second kappa shape index (κ2) is 7.29. The van der Waals surface area contributed by atoms with Crippen LogP contribution in [-0.2, 0) is 11.3 Å². The van der Waals surface area contributed by atoms with E-state index in [-0.39, 0.29) is 11.7 Å². The van der Waals surface area contributed by atoms with E-state index < -0.39 is 0 Å². The Morgan fingerprint density at radius 3 is 2.70 bits per heavy atom. The maximum Gasteiger partial charge on any atom is 0.233 e. The fraction of sp³-hybridized carbons (Fsp3) is 0.375. The molecule has 0 aliphatic carbocycles. The van der Waals surface area contributed by atoms with Crippen molar-refractivity contribution in [3.05, 3.63) is 40.7 Å². The summed E-state index contributed by atoms with van der Waals surface area (Å²) >= 11 is 1.26. The molecule has 0 saturated carbocycles. The van der Waals surface area contributed by atoms with Crippen molar-refractivity contribution in [2.75, 3.05) is 12.8 Å². The lowest BCUT2D eigenvalue weighted by Gasteiger charge is -2.15. The first-order valence-corrected chi connectivity index (χ1v) is 8.06. The smallest absolute Gasteiger partial charge is 0.233 e. The first-order valence-electron chi connectivity index (χ1n) is 7.08. The van der Waals surface area contributed by atoms with Gasteiger partial charge in [-0.3, -0.25) is 4.79 Å². The highest BCUT2D eigenvalue weighted by molar-refractivity contribution is 8.00. The van der Waals surface area contributed by atoms with Gasteiger partial charge in [0.1, 0.15) is 34.0 Å². The summed E-state index contributed by atoms with van der Waals surface area (Å²) in [7, 11) is 1.72. The Hall–Kier alpha value is -2.33. The zero-order valence-electron chi connectivity index (χ0n) is 13.6. The molecular weight excluding hydrogens is 312 g/mol. The van der Waals surface area contributed by atoms with Crippen LogP contribution in [0.25, 0.3) is 0 Å². The molecule has 0 atom stereocenters. The Bertz CT molecular complexity index is 764. The lowest BCUT2D eigenvalue weighted by atomic mass is 10.3. The van der Waals surface area contributed by atoms with Gasteiger partial charge in [-0.25, -0.2) is 9.97 Å². The van der Waals surface area contributed by atoms with E-state index in [4.69, 9.17) is 4.42 Å². The number of aromatic nitrogens is 2. The summed E-state index contributed by atoms with van der Waals surface area (Å²) in [5.74, 6) is 2.31. The number of hydrogen-bond acceptors (Lipinski definition) is 6. The van der Waals surface area contributed by atoms with Gasteiger partial charge in [-0.1, -0.05) is 11.8 Å². The molecule has 0 spiro atoms. The number of thioether (sulfide) groups is 1. The summed E-state index contributed by atoms with van der Waals surface area (Å²) in [6, 6.07) is 5.83. The fourth-order valence-electron chi connectivity index (χ4n) is 2.05. The molecule has 0 N–H and O–H groups in total. The van der Waals surface area contributed by atoms with E-state index in [9.17, 15) is 10.1 Å². The van der Waals surface area contributed by atoms with Crippen molar-refractivity contribution in [1.29, 1.82) is 5.26 Å². The third-order valence-corrected chi connectivity index (χ3v) is 4.19. The van der Waals surface area contributed by atoms with Gasteiger partial charge in [0.2, 0.25) is 5.91 Å².